The largest absolute Gasteiger partial charge is 0.381 e. The minimum Gasteiger partial charge on any atom is -0.381 e. The predicted octanol–water partition coefficient (Wildman–Crippen LogP) is 3.10. The number of pyridine rings is 1. The van der Waals surface area contributed by atoms with Gasteiger partial charge < -0.3 is 10.3 Å². The van der Waals surface area contributed by atoms with Crippen molar-refractivity contribution >= 4 is 22.5 Å². The molecule has 0 spiro atoms. The zero-order valence-electron chi connectivity index (χ0n) is 17.7. The number of hydrogen-bond donors (Lipinski definition) is 1. The number of nitrogens with two attached hydrogens (primary N) is 1. The molecule has 6 rings (SSSR count). The number of nitrogens with zero attached hydrogens (tertiary/aromatic N) is 9. The van der Waals surface area contributed by atoms with Gasteiger partial charge in [-0.2, -0.15) is 5.26 Å². The van der Waals surface area contributed by atoms with Gasteiger partial charge in [0.25, 0.3) is 0 Å². The molecule has 0 aliphatic carbocycles. The highest BCUT2D eigenvalue weighted by molar-refractivity contribution is 5.83. The maximum atomic E-state index is 9.68. The molecule has 0 saturated heterocycles. The lowest BCUT2D eigenvalue weighted by atomic mass is 10.0. The van der Waals surface area contributed by atoms with Crippen molar-refractivity contribution < 1.29 is 0 Å². The monoisotopic (exact) mass is 444 g/mol. The second-order valence-corrected chi connectivity index (χ2v) is 7.57. The summed E-state index contributed by atoms with van der Waals surface area (Å²) in [7, 11) is 0. The average molecular weight is 444 g/mol. The maximum Gasteiger partial charge on any atom is 0.199 e. The van der Waals surface area contributed by atoms with Gasteiger partial charge in [0, 0.05) is 29.5 Å². The van der Waals surface area contributed by atoms with Gasteiger partial charge in [-0.25, -0.2) is 29.4 Å². The normalized spacial score (nSPS) is 11.1. The van der Waals surface area contributed by atoms with Crippen LogP contribution in [0, 0.1) is 11.3 Å². The Morgan fingerprint density at radius 2 is 1.85 bits per heavy atom. The maximum absolute atomic E-state index is 9.68. The predicted molar refractivity (Wildman–Crippen MR) is 125 cm³/mol. The van der Waals surface area contributed by atoms with Crippen LogP contribution >= 0.6 is 0 Å². The molecule has 6 aromatic rings. The molecule has 34 heavy (non-hydrogen) atoms. The summed E-state index contributed by atoms with van der Waals surface area (Å²) in [5, 5.41) is 15.5. The minimum atomic E-state index is 0.204. The van der Waals surface area contributed by atoms with Crippen LogP contribution in [0.5, 0.6) is 0 Å². The summed E-state index contributed by atoms with van der Waals surface area (Å²) >= 11 is 0. The average Bonchev–Trinajstić information content (AvgIpc) is 3.49. The molecule has 0 aliphatic heterocycles. The highest BCUT2D eigenvalue weighted by Gasteiger charge is 2.22. The summed E-state index contributed by atoms with van der Waals surface area (Å²) in [6.45, 7) is 0.398. The molecular formula is C24H16N10. The fourth-order valence-electron chi connectivity index (χ4n) is 4.00. The number of fused-ring (bicyclic) bond motifs is 2. The Kier molecular flexibility index (Phi) is 4.45. The molecule has 162 valence electrons. The SMILES string of the molecule is N#Cc1ccccc1-c1nc(N)c2nc(Cn3ccc4cccnc43)nn2c1-c1ccncn1. The standard InChI is InChI=1S/C24H16N10/c25-12-16-4-1-2-6-17(16)20-21(18-7-10-27-14-29-18)34-24(22(26)31-20)30-19(32-34)13-33-11-8-15-5-3-9-28-23(15)33/h1-11,14H,13H2,(H2,26,31). The van der Waals surface area contributed by atoms with E-state index < -0.39 is 0 Å². The van der Waals surface area contributed by atoms with E-state index in [1.54, 1.807) is 35.1 Å². The van der Waals surface area contributed by atoms with Gasteiger partial charge in [-0.05, 0) is 30.3 Å². The first-order valence-corrected chi connectivity index (χ1v) is 10.4. The number of rotatable bonds is 4. The summed E-state index contributed by atoms with van der Waals surface area (Å²) in [5.41, 5.74) is 10.3. The van der Waals surface area contributed by atoms with E-state index >= 15 is 0 Å². The second kappa shape index (κ2) is 7.75. The van der Waals surface area contributed by atoms with Crippen LogP contribution in [0.2, 0.25) is 0 Å². The highest BCUT2D eigenvalue weighted by Crippen LogP contribution is 2.33. The third kappa shape index (κ3) is 3.11. The molecule has 0 saturated carbocycles. The molecule has 10 nitrogen and oxygen atoms in total. The molecule has 0 fully saturated rings. The number of benzene rings is 1. The van der Waals surface area contributed by atoms with Crippen molar-refractivity contribution in [2.45, 2.75) is 6.54 Å². The third-order valence-electron chi connectivity index (χ3n) is 5.51. The number of nitrogen functional groups attached to an aromatic ring is 1. The van der Waals surface area contributed by atoms with Crippen molar-refractivity contribution in [2.24, 2.45) is 0 Å². The molecular weight excluding hydrogens is 428 g/mol. The topological polar surface area (TPSA) is 136 Å². The molecule has 0 unspecified atom stereocenters. The van der Waals surface area contributed by atoms with Gasteiger partial charge in [-0.15, -0.1) is 5.10 Å². The van der Waals surface area contributed by atoms with Crippen LogP contribution in [0.3, 0.4) is 0 Å². The van der Waals surface area contributed by atoms with Crippen LogP contribution in [0.4, 0.5) is 5.82 Å². The van der Waals surface area contributed by atoms with Crippen LogP contribution < -0.4 is 5.73 Å². The lowest BCUT2D eigenvalue weighted by Crippen LogP contribution is -2.07. The Labute approximate surface area is 193 Å². The highest BCUT2D eigenvalue weighted by atomic mass is 15.3. The van der Waals surface area contributed by atoms with Gasteiger partial charge in [0.15, 0.2) is 17.3 Å². The van der Waals surface area contributed by atoms with Crippen molar-refractivity contribution in [1.29, 1.82) is 5.26 Å². The number of hydrogen-bond acceptors (Lipinski definition) is 8. The Morgan fingerprint density at radius 3 is 2.71 bits per heavy atom. The second-order valence-electron chi connectivity index (χ2n) is 7.57. The van der Waals surface area contributed by atoms with Crippen molar-refractivity contribution in [3.05, 3.63) is 84.8 Å². The number of aromatic nitrogens is 8. The van der Waals surface area contributed by atoms with E-state index in [1.165, 1.54) is 6.33 Å². The van der Waals surface area contributed by atoms with Crippen LogP contribution in [-0.2, 0) is 6.54 Å². The molecule has 0 radical (unpaired) electrons. The van der Waals surface area contributed by atoms with Crippen molar-refractivity contribution in [1.82, 2.24) is 39.1 Å². The summed E-state index contributed by atoms with van der Waals surface area (Å²) in [4.78, 5) is 22.2. The molecule has 10 heteroatoms. The van der Waals surface area contributed by atoms with E-state index in [2.05, 4.69) is 31.0 Å². The zero-order valence-corrected chi connectivity index (χ0v) is 17.7. The summed E-state index contributed by atoms with van der Waals surface area (Å²) in [6, 6.07) is 17.1. The van der Waals surface area contributed by atoms with Gasteiger partial charge >= 0.3 is 0 Å². The van der Waals surface area contributed by atoms with Crippen molar-refractivity contribution in [3.63, 3.8) is 0 Å². The number of anilines is 1. The smallest absolute Gasteiger partial charge is 0.199 e. The van der Waals surface area contributed by atoms with Gasteiger partial charge in [-0.1, -0.05) is 18.2 Å². The molecule has 5 heterocycles. The molecule has 5 aromatic heterocycles. The molecule has 1 aromatic carbocycles. The number of nitriles is 1. The first-order valence-electron chi connectivity index (χ1n) is 10.4. The fraction of sp³-hybridized carbons (Fsp3) is 0.0417. The molecule has 0 bridgehead atoms. The van der Waals surface area contributed by atoms with E-state index in [1.807, 2.05) is 41.1 Å². The van der Waals surface area contributed by atoms with E-state index in [0.29, 0.717) is 46.2 Å². The lowest BCUT2D eigenvalue weighted by Gasteiger charge is -2.12. The molecule has 0 aliphatic rings. The fourth-order valence-corrected chi connectivity index (χ4v) is 4.00. The van der Waals surface area contributed by atoms with Gasteiger partial charge in [0.05, 0.1) is 23.9 Å². The minimum absolute atomic E-state index is 0.204. The van der Waals surface area contributed by atoms with E-state index in [4.69, 9.17) is 10.8 Å². The van der Waals surface area contributed by atoms with Crippen molar-refractivity contribution in [3.8, 4) is 28.7 Å². The summed E-state index contributed by atoms with van der Waals surface area (Å²) < 4.78 is 3.62. The zero-order chi connectivity index (χ0) is 23.1. The van der Waals surface area contributed by atoms with E-state index in [9.17, 15) is 5.26 Å². The van der Waals surface area contributed by atoms with Crippen LogP contribution in [0.25, 0.3) is 39.3 Å². The summed E-state index contributed by atoms with van der Waals surface area (Å²) in [6.07, 6.45) is 6.79. The Bertz CT molecular complexity index is 1710. The first-order chi connectivity index (χ1) is 16.7. The lowest BCUT2D eigenvalue weighted by molar-refractivity contribution is 0.758. The molecule has 0 atom stereocenters. The van der Waals surface area contributed by atoms with Crippen molar-refractivity contribution in [2.75, 3.05) is 5.73 Å². The van der Waals surface area contributed by atoms with Gasteiger partial charge in [0.2, 0.25) is 0 Å². The van der Waals surface area contributed by atoms with Crippen LogP contribution in [-0.4, -0.2) is 39.1 Å². The van der Waals surface area contributed by atoms with Crippen LogP contribution in [0.15, 0.2) is 73.4 Å². The van der Waals surface area contributed by atoms with Gasteiger partial charge in [-0.3, -0.25) is 0 Å². The Balaban J connectivity index is 1.59. The molecule has 0 amide bonds. The van der Waals surface area contributed by atoms with Gasteiger partial charge in [0.1, 0.15) is 23.4 Å². The summed E-state index contributed by atoms with van der Waals surface area (Å²) in [5.74, 6) is 0.743. The van der Waals surface area contributed by atoms with E-state index in [0.717, 1.165) is 11.0 Å². The Hall–Kier alpha value is -5.17. The van der Waals surface area contributed by atoms with Crippen LogP contribution in [0.1, 0.15) is 11.4 Å². The molecule has 2 N–H and O–H groups in total. The third-order valence-corrected chi connectivity index (χ3v) is 5.51. The van der Waals surface area contributed by atoms with E-state index in [-0.39, 0.29) is 5.82 Å². The quantitative estimate of drug-likeness (QED) is 0.438. The Morgan fingerprint density at radius 1 is 0.941 bits per heavy atom. The first kappa shape index (κ1) is 19.5.